The van der Waals surface area contributed by atoms with Gasteiger partial charge in [-0.2, -0.15) is 0 Å². The molecule has 0 spiro atoms. The van der Waals surface area contributed by atoms with Gasteiger partial charge in [-0.3, -0.25) is 0 Å². The van der Waals surface area contributed by atoms with Crippen LogP contribution in [0.2, 0.25) is 0 Å². The van der Waals surface area contributed by atoms with Crippen LogP contribution >= 0.6 is 0 Å². The molecular weight excluding hydrogens is 264 g/mol. The molecule has 3 nitrogen and oxygen atoms in total. The summed E-state index contributed by atoms with van der Waals surface area (Å²) >= 11 is 0. The molecule has 3 heteroatoms. The van der Waals surface area contributed by atoms with Gasteiger partial charge in [-0.1, -0.05) is 24.3 Å². The number of ether oxygens (including phenoxy) is 2. The Labute approximate surface area is 126 Å². The Morgan fingerprint density at radius 3 is 2.00 bits per heavy atom. The van der Waals surface area contributed by atoms with Gasteiger partial charge >= 0.3 is 0 Å². The highest BCUT2D eigenvalue weighted by atomic mass is 16.5. The molecule has 0 aliphatic heterocycles. The highest BCUT2D eigenvalue weighted by molar-refractivity contribution is 5.41. The van der Waals surface area contributed by atoms with Crippen LogP contribution < -0.4 is 9.47 Å². The molecule has 112 valence electrons. The normalized spacial score (nSPS) is 13.8. The maximum atomic E-state index is 10.9. The van der Waals surface area contributed by atoms with Gasteiger partial charge in [0.25, 0.3) is 0 Å². The smallest absolute Gasteiger partial charge is 0.120 e. The van der Waals surface area contributed by atoms with Gasteiger partial charge in [0.05, 0.1) is 13.2 Å². The molecule has 1 N–H and O–H groups in total. The van der Waals surface area contributed by atoms with Crippen molar-refractivity contribution in [2.24, 2.45) is 0 Å². The van der Waals surface area contributed by atoms with Crippen LogP contribution in [0.3, 0.4) is 0 Å². The fraction of sp³-hybridized carbons (Fsp3) is 0.333. The van der Waals surface area contributed by atoms with Crippen molar-refractivity contribution in [2.45, 2.75) is 32.5 Å². The van der Waals surface area contributed by atoms with Crippen LogP contribution in [0.1, 0.15) is 31.9 Å². The monoisotopic (exact) mass is 286 g/mol. The van der Waals surface area contributed by atoms with E-state index in [9.17, 15) is 5.11 Å². The Morgan fingerprint density at radius 1 is 0.952 bits per heavy atom. The lowest BCUT2D eigenvalue weighted by molar-refractivity contribution is 0.101. The van der Waals surface area contributed by atoms with E-state index in [-0.39, 0.29) is 6.10 Å². The zero-order valence-electron chi connectivity index (χ0n) is 13.0. The van der Waals surface area contributed by atoms with Crippen molar-refractivity contribution < 1.29 is 14.6 Å². The first-order chi connectivity index (χ1) is 9.93. The van der Waals surface area contributed by atoms with E-state index in [0.29, 0.717) is 0 Å². The predicted molar refractivity (Wildman–Crippen MR) is 83.9 cm³/mol. The average molecular weight is 286 g/mol. The molecule has 0 heterocycles. The van der Waals surface area contributed by atoms with E-state index >= 15 is 0 Å². The van der Waals surface area contributed by atoms with Crippen molar-refractivity contribution in [3.8, 4) is 11.5 Å². The maximum Gasteiger partial charge on any atom is 0.120 e. The van der Waals surface area contributed by atoms with Crippen LogP contribution in [0, 0.1) is 0 Å². The first-order valence-electron chi connectivity index (χ1n) is 7.07. The first kappa shape index (κ1) is 15.4. The molecule has 0 aliphatic carbocycles. The molecule has 0 radical (unpaired) electrons. The van der Waals surface area contributed by atoms with Crippen molar-refractivity contribution >= 4 is 0 Å². The van der Waals surface area contributed by atoms with Gasteiger partial charge in [-0.25, -0.2) is 0 Å². The number of hydrogen-bond donors (Lipinski definition) is 1. The third-order valence-electron chi connectivity index (χ3n) is 3.40. The third-order valence-corrected chi connectivity index (χ3v) is 3.40. The fourth-order valence-electron chi connectivity index (χ4n) is 2.24. The van der Waals surface area contributed by atoms with E-state index in [1.54, 1.807) is 14.0 Å². The third kappa shape index (κ3) is 3.56. The molecular formula is C18H22O3. The summed E-state index contributed by atoms with van der Waals surface area (Å²) in [6, 6.07) is 15.0. The Bertz CT molecular complexity index is 603. The minimum Gasteiger partial charge on any atom is -0.497 e. The van der Waals surface area contributed by atoms with E-state index in [2.05, 4.69) is 0 Å². The summed E-state index contributed by atoms with van der Waals surface area (Å²) < 4.78 is 10.9. The van der Waals surface area contributed by atoms with Gasteiger partial charge in [0.1, 0.15) is 17.1 Å². The van der Waals surface area contributed by atoms with Crippen LogP contribution in [0.4, 0.5) is 0 Å². The lowest BCUT2D eigenvalue weighted by Gasteiger charge is -2.25. The van der Waals surface area contributed by atoms with Crippen LogP contribution in [0.5, 0.6) is 11.5 Å². The molecule has 0 amide bonds. The molecule has 0 aromatic heterocycles. The molecule has 1 unspecified atom stereocenters. The molecule has 0 saturated carbocycles. The summed E-state index contributed by atoms with van der Waals surface area (Å²) in [5.74, 6) is 1.48. The lowest BCUT2D eigenvalue weighted by atomic mass is 9.88. The summed E-state index contributed by atoms with van der Waals surface area (Å²) in [6.45, 7) is 5.73. The highest BCUT2D eigenvalue weighted by Gasteiger charge is 2.26. The van der Waals surface area contributed by atoms with Crippen LogP contribution in [-0.2, 0) is 5.60 Å². The number of rotatable bonds is 5. The molecule has 2 aromatic rings. The first-order valence-corrected chi connectivity index (χ1v) is 7.07. The second kappa shape index (κ2) is 6.19. The average Bonchev–Trinajstić information content (AvgIpc) is 2.47. The second-order valence-electron chi connectivity index (χ2n) is 5.50. The van der Waals surface area contributed by atoms with Crippen molar-refractivity contribution in [1.29, 1.82) is 0 Å². The Balaban J connectivity index is 2.38. The van der Waals surface area contributed by atoms with Crippen LogP contribution in [0.25, 0.3) is 0 Å². The summed E-state index contributed by atoms with van der Waals surface area (Å²) in [4.78, 5) is 0. The maximum absolute atomic E-state index is 10.9. The number of methoxy groups -OCH3 is 1. The molecule has 21 heavy (non-hydrogen) atoms. The lowest BCUT2D eigenvalue weighted by Crippen LogP contribution is -2.23. The van der Waals surface area contributed by atoms with E-state index in [1.807, 2.05) is 62.4 Å². The summed E-state index contributed by atoms with van der Waals surface area (Å²) in [5, 5.41) is 10.9. The van der Waals surface area contributed by atoms with E-state index in [1.165, 1.54) is 0 Å². The summed E-state index contributed by atoms with van der Waals surface area (Å²) in [6.07, 6.45) is 0.0991. The van der Waals surface area contributed by atoms with Gasteiger partial charge < -0.3 is 14.6 Å². The molecule has 0 bridgehead atoms. The van der Waals surface area contributed by atoms with Crippen molar-refractivity contribution in [1.82, 2.24) is 0 Å². The van der Waals surface area contributed by atoms with Crippen molar-refractivity contribution in [3.05, 3.63) is 59.7 Å². The zero-order valence-corrected chi connectivity index (χ0v) is 13.0. The molecule has 2 rings (SSSR count). The summed E-state index contributed by atoms with van der Waals surface area (Å²) in [7, 11) is 1.62. The second-order valence-corrected chi connectivity index (χ2v) is 5.50. The van der Waals surface area contributed by atoms with Gasteiger partial charge in [-0.05, 0) is 56.2 Å². The number of aliphatic hydroxyl groups is 1. The SMILES string of the molecule is COc1cccc(C(C)(O)c2cccc(OC(C)C)c2)c1. The van der Waals surface area contributed by atoms with Crippen LogP contribution in [-0.4, -0.2) is 18.3 Å². The summed E-state index contributed by atoms with van der Waals surface area (Å²) in [5.41, 5.74) is 0.461. The van der Waals surface area contributed by atoms with Crippen molar-refractivity contribution in [3.63, 3.8) is 0 Å². The van der Waals surface area contributed by atoms with Gasteiger partial charge in [-0.15, -0.1) is 0 Å². The molecule has 2 aromatic carbocycles. The number of hydrogen-bond acceptors (Lipinski definition) is 3. The van der Waals surface area contributed by atoms with Gasteiger partial charge in [0.2, 0.25) is 0 Å². The van der Waals surface area contributed by atoms with E-state index in [4.69, 9.17) is 9.47 Å². The van der Waals surface area contributed by atoms with Gasteiger partial charge in [0, 0.05) is 0 Å². The Morgan fingerprint density at radius 2 is 1.48 bits per heavy atom. The quantitative estimate of drug-likeness (QED) is 0.910. The predicted octanol–water partition coefficient (Wildman–Crippen LogP) is 3.74. The van der Waals surface area contributed by atoms with Gasteiger partial charge in [0.15, 0.2) is 0 Å². The van der Waals surface area contributed by atoms with Crippen molar-refractivity contribution in [2.75, 3.05) is 7.11 Å². The Kier molecular flexibility index (Phi) is 4.53. The molecule has 0 aliphatic rings. The minimum atomic E-state index is -1.11. The topological polar surface area (TPSA) is 38.7 Å². The standard InChI is InChI=1S/C18H22O3/c1-13(2)21-17-10-6-8-15(12-17)18(3,19)14-7-5-9-16(11-14)20-4/h5-13,19H,1-4H3. The Hall–Kier alpha value is -2.00. The molecule has 1 atom stereocenters. The highest BCUT2D eigenvalue weighted by Crippen LogP contribution is 2.32. The fourth-order valence-corrected chi connectivity index (χ4v) is 2.24. The van der Waals surface area contributed by atoms with Crippen LogP contribution in [0.15, 0.2) is 48.5 Å². The van der Waals surface area contributed by atoms with E-state index in [0.717, 1.165) is 22.6 Å². The number of benzene rings is 2. The molecule has 0 fully saturated rings. The molecule has 0 saturated heterocycles. The largest absolute Gasteiger partial charge is 0.497 e. The van der Waals surface area contributed by atoms with E-state index < -0.39 is 5.60 Å². The minimum absolute atomic E-state index is 0.0991. The zero-order chi connectivity index (χ0) is 15.5.